The van der Waals surface area contributed by atoms with Gasteiger partial charge in [0.25, 0.3) is 0 Å². The van der Waals surface area contributed by atoms with Crippen molar-refractivity contribution in [1.82, 2.24) is 15.3 Å². The van der Waals surface area contributed by atoms with E-state index in [4.69, 9.17) is 4.74 Å². The van der Waals surface area contributed by atoms with Gasteiger partial charge in [0.05, 0.1) is 7.11 Å². The molecule has 4 atom stereocenters. The van der Waals surface area contributed by atoms with Crippen molar-refractivity contribution in [3.63, 3.8) is 0 Å². The Hall–Kier alpha value is -1.94. The van der Waals surface area contributed by atoms with Crippen LogP contribution in [0.1, 0.15) is 55.5 Å². The number of rotatable bonds is 7. The summed E-state index contributed by atoms with van der Waals surface area (Å²) in [7, 11) is 1.73. The first-order valence-electron chi connectivity index (χ1n) is 9.97. The van der Waals surface area contributed by atoms with E-state index in [2.05, 4.69) is 46.5 Å². The highest BCUT2D eigenvalue weighted by Gasteiger charge is 2.52. The highest BCUT2D eigenvalue weighted by molar-refractivity contribution is 5.34. The molecule has 1 aromatic heterocycles. The Bertz CT molecular complexity index is 713. The first kappa shape index (κ1) is 17.5. The van der Waals surface area contributed by atoms with Gasteiger partial charge in [0.15, 0.2) is 0 Å². The molecule has 26 heavy (non-hydrogen) atoms. The minimum Gasteiger partial charge on any atom is -0.497 e. The van der Waals surface area contributed by atoms with Crippen LogP contribution in [0.25, 0.3) is 0 Å². The fourth-order valence-electron chi connectivity index (χ4n) is 4.92. The average molecular weight is 351 g/mol. The summed E-state index contributed by atoms with van der Waals surface area (Å²) in [6.45, 7) is 3.01. The van der Waals surface area contributed by atoms with Crippen molar-refractivity contribution in [3.05, 3.63) is 53.6 Å². The third-order valence-corrected chi connectivity index (χ3v) is 6.21. The maximum absolute atomic E-state index is 5.32. The number of nitrogens with zero attached hydrogens (tertiary/aromatic N) is 2. The number of methoxy groups -OCH3 is 1. The molecule has 0 aliphatic heterocycles. The Morgan fingerprint density at radius 3 is 2.50 bits per heavy atom. The molecular formula is C22H29N3O. The summed E-state index contributed by atoms with van der Waals surface area (Å²) in [6.07, 6.45) is 10.1. The van der Waals surface area contributed by atoms with Crippen LogP contribution < -0.4 is 10.1 Å². The van der Waals surface area contributed by atoms with Crippen LogP contribution in [0.3, 0.4) is 0 Å². The van der Waals surface area contributed by atoms with Crippen LogP contribution in [0.4, 0.5) is 0 Å². The second kappa shape index (κ2) is 7.75. The smallest absolute Gasteiger partial charge is 0.128 e. The quantitative estimate of drug-likeness (QED) is 0.815. The molecule has 0 spiro atoms. The van der Waals surface area contributed by atoms with Gasteiger partial charge in [0.2, 0.25) is 0 Å². The molecule has 4 nitrogen and oxygen atoms in total. The van der Waals surface area contributed by atoms with Gasteiger partial charge < -0.3 is 10.1 Å². The van der Waals surface area contributed by atoms with Gasteiger partial charge in [-0.1, -0.05) is 25.5 Å². The van der Waals surface area contributed by atoms with Gasteiger partial charge in [-0.3, -0.25) is 0 Å². The molecule has 0 bridgehead atoms. The van der Waals surface area contributed by atoms with Gasteiger partial charge >= 0.3 is 0 Å². The van der Waals surface area contributed by atoms with Gasteiger partial charge in [-0.2, -0.15) is 0 Å². The number of hydrogen-bond acceptors (Lipinski definition) is 4. The number of nitrogens with one attached hydrogen (secondary N) is 1. The first-order valence-corrected chi connectivity index (χ1v) is 9.97. The average Bonchev–Trinajstić information content (AvgIpc) is 3.08. The highest BCUT2D eigenvalue weighted by atomic mass is 16.5. The third kappa shape index (κ3) is 3.35. The Balaban J connectivity index is 1.43. The van der Waals surface area contributed by atoms with Crippen molar-refractivity contribution in [2.24, 2.45) is 11.8 Å². The molecule has 2 aliphatic rings. The monoisotopic (exact) mass is 351 g/mol. The lowest BCUT2D eigenvalue weighted by molar-refractivity contribution is 0.0940. The fourth-order valence-corrected chi connectivity index (χ4v) is 4.92. The predicted molar refractivity (Wildman–Crippen MR) is 103 cm³/mol. The van der Waals surface area contributed by atoms with Crippen molar-refractivity contribution in [1.29, 1.82) is 0 Å². The van der Waals surface area contributed by atoms with E-state index in [1.54, 1.807) is 7.11 Å². The Kier molecular flexibility index (Phi) is 5.21. The number of aryl methyl sites for hydroxylation is 1. The Morgan fingerprint density at radius 2 is 1.81 bits per heavy atom. The van der Waals surface area contributed by atoms with Gasteiger partial charge in [-0.15, -0.1) is 0 Å². The summed E-state index contributed by atoms with van der Waals surface area (Å²) in [4.78, 5) is 8.98. The molecule has 2 saturated carbocycles. The number of hydrogen-bond donors (Lipinski definition) is 1. The molecule has 0 amide bonds. The SMILES string of the molecule is CCCc1ncc(CN[C@@H]2[C@H]3CCC[C@H]3[C@H]2c2ccc(OC)cc2)cn1. The topological polar surface area (TPSA) is 47.0 Å². The van der Waals surface area contributed by atoms with Crippen molar-refractivity contribution in [2.75, 3.05) is 7.11 Å². The fraction of sp³-hybridized carbons (Fsp3) is 0.545. The second-order valence-electron chi connectivity index (χ2n) is 7.72. The Labute approximate surface area is 156 Å². The van der Waals surface area contributed by atoms with Gasteiger partial charge in [0, 0.05) is 42.9 Å². The van der Waals surface area contributed by atoms with E-state index in [9.17, 15) is 0 Å². The third-order valence-electron chi connectivity index (χ3n) is 6.21. The highest BCUT2D eigenvalue weighted by Crippen LogP contribution is 2.56. The minimum absolute atomic E-state index is 0.561. The summed E-state index contributed by atoms with van der Waals surface area (Å²) in [5.74, 6) is 4.16. The number of benzene rings is 1. The van der Waals surface area contributed by atoms with Crippen LogP contribution in [-0.2, 0) is 13.0 Å². The molecule has 1 heterocycles. The Morgan fingerprint density at radius 1 is 1.08 bits per heavy atom. The molecule has 0 saturated heterocycles. The molecule has 138 valence electrons. The molecule has 2 aromatic rings. The van der Waals surface area contributed by atoms with E-state index in [-0.39, 0.29) is 0 Å². The van der Waals surface area contributed by atoms with E-state index in [0.29, 0.717) is 12.0 Å². The van der Waals surface area contributed by atoms with Gasteiger partial charge in [-0.05, 0) is 48.8 Å². The molecule has 0 unspecified atom stereocenters. The lowest BCUT2D eigenvalue weighted by Crippen LogP contribution is -2.54. The zero-order chi connectivity index (χ0) is 17.9. The molecule has 4 heteroatoms. The number of ether oxygens (including phenoxy) is 1. The van der Waals surface area contributed by atoms with E-state index in [0.717, 1.165) is 42.8 Å². The normalized spacial score (nSPS) is 27.0. The summed E-state index contributed by atoms with van der Waals surface area (Å²) >= 11 is 0. The maximum atomic E-state index is 5.32. The van der Waals surface area contributed by atoms with Crippen LogP contribution in [0.15, 0.2) is 36.7 Å². The first-order chi connectivity index (χ1) is 12.8. The van der Waals surface area contributed by atoms with Crippen LogP contribution >= 0.6 is 0 Å². The molecule has 4 rings (SSSR count). The van der Waals surface area contributed by atoms with Crippen molar-refractivity contribution < 1.29 is 4.74 Å². The van der Waals surface area contributed by atoms with Crippen LogP contribution in [0.2, 0.25) is 0 Å². The van der Waals surface area contributed by atoms with Crippen LogP contribution in [0, 0.1) is 11.8 Å². The number of aromatic nitrogens is 2. The minimum atomic E-state index is 0.561. The number of fused-ring (bicyclic) bond motifs is 1. The zero-order valence-electron chi connectivity index (χ0n) is 15.8. The van der Waals surface area contributed by atoms with Crippen LogP contribution in [0.5, 0.6) is 5.75 Å². The summed E-state index contributed by atoms with van der Waals surface area (Å²) in [5, 5.41) is 3.82. The molecule has 2 aliphatic carbocycles. The lowest BCUT2D eigenvalue weighted by atomic mass is 9.60. The lowest BCUT2D eigenvalue weighted by Gasteiger charge is -2.50. The summed E-state index contributed by atoms with van der Waals surface area (Å²) in [5.41, 5.74) is 2.63. The maximum Gasteiger partial charge on any atom is 0.128 e. The van der Waals surface area contributed by atoms with Crippen molar-refractivity contribution in [2.45, 2.75) is 57.5 Å². The second-order valence-corrected chi connectivity index (χ2v) is 7.72. The molecule has 2 fully saturated rings. The molecule has 1 aromatic carbocycles. The standard InChI is InChI=1S/C22H29N3O/c1-3-5-20-23-12-15(13-24-20)14-25-22-19-7-4-6-18(19)21(22)16-8-10-17(26-2)11-9-16/h8-13,18-19,21-22,25H,3-7,14H2,1-2H3/t18-,19+,21-,22-/m1/s1. The summed E-state index contributed by atoms with van der Waals surface area (Å²) in [6, 6.07) is 9.24. The largest absolute Gasteiger partial charge is 0.497 e. The van der Waals surface area contributed by atoms with Crippen molar-refractivity contribution in [3.8, 4) is 5.75 Å². The van der Waals surface area contributed by atoms with Crippen LogP contribution in [-0.4, -0.2) is 23.1 Å². The van der Waals surface area contributed by atoms with E-state index in [1.165, 1.54) is 30.4 Å². The molecule has 1 N–H and O–H groups in total. The molecular weight excluding hydrogens is 322 g/mol. The van der Waals surface area contributed by atoms with E-state index in [1.807, 2.05) is 12.4 Å². The summed E-state index contributed by atoms with van der Waals surface area (Å²) < 4.78 is 5.32. The van der Waals surface area contributed by atoms with Crippen molar-refractivity contribution >= 4 is 0 Å². The zero-order valence-corrected chi connectivity index (χ0v) is 15.8. The van der Waals surface area contributed by atoms with E-state index < -0.39 is 0 Å². The molecule has 0 radical (unpaired) electrons. The van der Waals surface area contributed by atoms with E-state index >= 15 is 0 Å². The van der Waals surface area contributed by atoms with Gasteiger partial charge in [-0.25, -0.2) is 9.97 Å². The van der Waals surface area contributed by atoms with Gasteiger partial charge in [0.1, 0.15) is 11.6 Å². The predicted octanol–water partition coefficient (Wildman–Crippen LogP) is 4.11.